The number of likely N-dealkylation sites (N-methyl/N-ethyl adjacent to an activating group) is 1. The first kappa shape index (κ1) is 14.1. The van der Waals surface area contributed by atoms with Crippen molar-refractivity contribution in [3.05, 3.63) is 20.9 Å². The van der Waals surface area contributed by atoms with Gasteiger partial charge in [0, 0.05) is 9.82 Å². The average molecular weight is 228 g/mol. The van der Waals surface area contributed by atoms with Crippen molar-refractivity contribution >= 4 is 5.97 Å². The molecule has 9 nitrogen and oxygen atoms in total. The number of aliphatic carboxylic acids is 1. The molecule has 1 N–H and O–H groups in total. The van der Waals surface area contributed by atoms with Crippen molar-refractivity contribution in [3.63, 3.8) is 0 Å². The molecule has 9 heteroatoms. The second kappa shape index (κ2) is 7.36. The molecule has 16 heavy (non-hydrogen) atoms. The van der Waals surface area contributed by atoms with E-state index in [0.29, 0.717) is 13.1 Å². The number of hydrogen-bond acceptors (Lipinski definition) is 3. The zero-order chi connectivity index (χ0) is 12.4. The molecule has 0 saturated carbocycles. The molecule has 0 heterocycles. The summed E-state index contributed by atoms with van der Waals surface area (Å²) in [6, 6.07) is 0. The van der Waals surface area contributed by atoms with E-state index < -0.39 is 5.97 Å². The quantitative estimate of drug-likeness (QED) is 0.288. The van der Waals surface area contributed by atoms with E-state index >= 15 is 0 Å². The largest absolute Gasteiger partial charge is 0.477 e. The van der Waals surface area contributed by atoms with Crippen LogP contribution < -0.4 is 0 Å². The van der Waals surface area contributed by atoms with Crippen LogP contribution in [-0.4, -0.2) is 55.3 Å². The lowest BCUT2D eigenvalue weighted by molar-refractivity contribution is -0.899. The first-order valence-corrected chi connectivity index (χ1v) is 4.61. The number of azide groups is 2. The molecule has 0 aliphatic carbocycles. The van der Waals surface area contributed by atoms with Crippen LogP contribution in [0.5, 0.6) is 0 Å². The Hall–Kier alpha value is -1.95. The summed E-state index contributed by atoms with van der Waals surface area (Å²) in [4.78, 5) is 15.9. The first-order chi connectivity index (χ1) is 7.54. The van der Waals surface area contributed by atoms with Crippen molar-refractivity contribution in [1.82, 2.24) is 0 Å². The molecule has 0 aromatic carbocycles. The van der Waals surface area contributed by atoms with Crippen LogP contribution in [0.1, 0.15) is 0 Å². The molecule has 0 rings (SSSR count). The maximum absolute atomic E-state index is 10.7. The van der Waals surface area contributed by atoms with Crippen LogP contribution >= 0.6 is 0 Å². The highest BCUT2D eigenvalue weighted by atomic mass is 16.4. The van der Waals surface area contributed by atoms with Crippen LogP contribution in [0.15, 0.2) is 10.2 Å². The maximum atomic E-state index is 10.7. The minimum Gasteiger partial charge on any atom is -0.477 e. The predicted molar refractivity (Wildman–Crippen MR) is 56.4 cm³/mol. The number of quaternary nitrogens is 1. The summed E-state index contributed by atoms with van der Waals surface area (Å²) in [6.45, 7) is 1.14. The van der Waals surface area contributed by atoms with E-state index in [1.807, 2.05) is 0 Å². The van der Waals surface area contributed by atoms with E-state index in [-0.39, 0.29) is 24.1 Å². The van der Waals surface area contributed by atoms with Gasteiger partial charge in [-0.3, -0.25) is 0 Å². The summed E-state index contributed by atoms with van der Waals surface area (Å²) in [5, 5.41) is 15.5. The van der Waals surface area contributed by atoms with E-state index in [2.05, 4.69) is 20.1 Å². The van der Waals surface area contributed by atoms with Crippen LogP contribution in [0.4, 0.5) is 0 Å². The molecule has 0 aromatic heterocycles. The monoisotopic (exact) mass is 228 g/mol. The molecule has 0 radical (unpaired) electrons. The number of carboxylic acid groups (broad SMARTS) is 1. The van der Waals surface area contributed by atoms with Crippen molar-refractivity contribution in [2.24, 2.45) is 10.2 Å². The molecular formula is C7H14N7O2+. The van der Waals surface area contributed by atoms with Gasteiger partial charge in [0.15, 0.2) is 6.54 Å². The Balaban J connectivity index is 4.38. The van der Waals surface area contributed by atoms with Gasteiger partial charge >= 0.3 is 5.97 Å². The molecule has 0 aliphatic heterocycles. The Morgan fingerprint density at radius 3 is 2.00 bits per heavy atom. The minimum absolute atomic E-state index is 0.0953. The summed E-state index contributed by atoms with van der Waals surface area (Å²) < 4.78 is 0.174. The van der Waals surface area contributed by atoms with Gasteiger partial charge in [0.1, 0.15) is 0 Å². The second-order valence-corrected chi connectivity index (χ2v) is 3.53. The lowest BCUT2D eigenvalue weighted by Crippen LogP contribution is -2.50. The van der Waals surface area contributed by atoms with Crippen molar-refractivity contribution in [2.45, 2.75) is 0 Å². The van der Waals surface area contributed by atoms with Gasteiger partial charge in [0.2, 0.25) is 0 Å². The van der Waals surface area contributed by atoms with Crippen molar-refractivity contribution < 1.29 is 14.4 Å². The zero-order valence-corrected chi connectivity index (χ0v) is 9.02. The molecule has 0 amide bonds. The molecule has 0 aliphatic rings. The standard InChI is InChI=1S/C7H13N7O2/c1-14(6-7(15)16,4-2-10-12-8)5-3-11-13-9/h2-6H2,1H3/p+1. The van der Waals surface area contributed by atoms with Crippen LogP contribution in [-0.2, 0) is 4.79 Å². The average Bonchev–Trinajstić information content (AvgIpc) is 2.17. The lowest BCUT2D eigenvalue weighted by Gasteiger charge is -2.31. The minimum atomic E-state index is -0.940. The van der Waals surface area contributed by atoms with Crippen molar-refractivity contribution in [2.75, 3.05) is 39.8 Å². The summed E-state index contributed by atoms with van der Waals surface area (Å²) in [5.41, 5.74) is 16.3. The number of hydrogen-bond donors (Lipinski definition) is 1. The van der Waals surface area contributed by atoms with Crippen LogP contribution in [0.2, 0.25) is 0 Å². The number of nitrogens with zero attached hydrogens (tertiary/aromatic N) is 7. The predicted octanol–water partition coefficient (Wildman–Crippen LogP) is 1.14. The van der Waals surface area contributed by atoms with E-state index in [0.717, 1.165) is 0 Å². The van der Waals surface area contributed by atoms with E-state index in [9.17, 15) is 4.79 Å². The number of carbonyl (C=O) groups is 1. The maximum Gasteiger partial charge on any atom is 0.359 e. The van der Waals surface area contributed by atoms with Crippen molar-refractivity contribution in [1.29, 1.82) is 0 Å². The van der Waals surface area contributed by atoms with Crippen LogP contribution in [0.3, 0.4) is 0 Å². The molecule has 0 bridgehead atoms. The molecule has 88 valence electrons. The number of carboxylic acids is 1. The zero-order valence-electron chi connectivity index (χ0n) is 9.02. The van der Waals surface area contributed by atoms with Gasteiger partial charge in [0.05, 0.1) is 33.2 Å². The van der Waals surface area contributed by atoms with Gasteiger partial charge in [-0.05, 0) is 11.1 Å². The molecular weight excluding hydrogens is 214 g/mol. The highest BCUT2D eigenvalue weighted by Gasteiger charge is 2.23. The Morgan fingerprint density at radius 2 is 1.69 bits per heavy atom. The van der Waals surface area contributed by atoms with Crippen LogP contribution in [0, 0.1) is 0 Å². The lowest BCUT2D eigenvalue weighted by atomic mass is 10.3. The summed E-state index contributed by atoms with van der Waals surface area (Å²) >= 11 is 0. The van der Waals surface area contributed by atoms with Crippen molar-refractivity contribution in [3.8, 4) is 0 Å². The molecule has 0 saturated heterocycles. The fourth-order valence-corrected chi connectivity index (χ4v) is 1.26. The number of rotatable bonds is 8. The fourth-order valence-electron chi connectivity index (χ4n) is 1.26. The topological polar surface area (TPSA) is 135 Å². The summed E-state index contributed by atoms with van der Waals surface area (Å²) in [7, 11) is 1.72. The van der Waals surface area contributed by atoms with Gasteiger partial charge in [-0.1, -0.05) is 10.2 Å². The van der Waals surface area contributed by atoms with Gasteiger partial charge in [-0.2, -0.15) is 0 Å². The normalized spacial score (nSPS) is 13.1. The molecule has 0 aromatic rings. The Morgan fingerprint density at radius 1 is 1.25 bits per heavy atom. The van der Waals surface area contributed by atoms with Gasteiger partial charge in [-0.15, -0.1) is 0 Å². The molecule has 0 atom stereocenters. The summed E-state index contributed by atoms with van der Waals surface area (Å²) in [5.74, 6) is -0.940. The molecule has 0 fully saturated rings. The molecule has 0 unspecified atom stereocenters. The highest BCUT2D eigenvalue weighted by Crippen LogP contribution is 2.02. The van der Waals surface area contributed by atoms with Gasteiger partial charge in [0.25, 0.3) is 0 Å². The third-order valence-corrected chi connectivity index (χ3v) is 2.12. The van der Waals surface area contributed by atoms with E-state index in [1.54, 1.807) is 7.05 Å². The molecule has 0 spiro atoms. The smallest absolute Gasteiger partial charge is 0.359 e. The Bertz CT molecular complexity index is 308. The van der Waals surface area contributed by atoms with Crippen LogP contribution in [0.25, 0.3) is 20.9 Å². The van der Waals surface area contributed by atoms with Gasteiger partial charge in [-0.25, -0.2) is 4.79 Å². The third-order valence-electron chi connectivity index (χ3n) is 2.12. The highest BCUT2D eigenvalue weighted by molar-refractivity contribution is 5.67. The Labute approximate surface area is 92.1 Å². The van der Waals surface area contributed by atoms with E-state index in [4.69, 9.17) is 16.2 Å². The first-order valence-electron chi connectivity index (χ1n) is 4.61. The van der Waals surface area contributed by atoms with E-state index in [1.165, 1.54) is 0 Å². The van der Waals surface area contributed by atoms with Gasteiger partial charge < -0.3 is 9.59 Å². The Kier molecular flexibility index (Phi) is 6.46. The fraction of sp³-hybridized carbons (Fsp3) is 0.857. The SMILES string of the molecule is C[N+](CCN=[N+]=[N-])(CCN=[N+]=[N-])CC(=O)O. The summed E-state index contributed by atoms with van der Waals surface area (Å²) in [6.07, 6.45) is 0. The third kappa shape index (κ3) is 6.50. The second-order valence-electron chi connectivity index (χ2n) is 3.53.